The molecule has 4 nitrogen and oxygen atoms in total. The molecule has 4 saturated carbocycles. The lowest BCUT2D eigenvalue weighted by Crippen LogP contribution is -2.62. The fourth-order valence-corrected chi connectivity index (χ4v) is 11.4. The molecule has 0 radical (unpaired) electrons. The van der Waals surface area contributed by atoms with Crippen LogP contribution in [0.1, 0.15) is 90.5 Å². The van der Waals surface area contributed by atoms with Crippen molar-refractivity contribution in [3.63, 3.8) is 0 Å². The maximum Gasteiger partial charge on any atom is 0.147 e. The van der Waals surface area contributed by atoms with Crippen molar-refractivity contribution in [3.8, 4) is 10.6 Å². The number of aliphatic hydroxyl groups is 2. The smallest absolute Gasteiger partial charge is 0.147 e. The van der Waals surface area contributed by atoms with E-state index in [1.165, 1.54) is 32.1 Å². The number of aromatic nitrogens is 2. The molecule has 38 heavy (non-hydrogen) atoms. The van der Waals surface area contributed by atoms with Gasteiger partial charge in [0.1, 0.15) is 10.0 Å². The first kappa shape index (κ1) is 26.9. The van der Waals surface area contributed by atoms with Gasteiger partial charge < -0.3 is 10.2 Å². The van der Waals surface area contributed by atoms with E-state index >= 15 is 0 Å². The lowest BCUT2D eigenvalue weighted by atomic mass is 9.41. The third-order valence-electron chi connectivity index (χ3n) is 12.5. The van der Waals surface area contributed by atoms with Gasteiger partial charge >= 0.3 is 0 Å². The summed E-state index contributed by atoms with van der Waals surface area (Å²) in [7, 11) is 0. The number of fused-ring (bicyclic) bond motifs is 5. The second-order valence-corrected chi connectivity index (χ2v) is 15.1. The Morgan fingerprint density at radius 2 is 1.68 bits per heavy atom. The summed E-state index contributed by atoms with van der Waals surface area (Å²) in [5.74, 6) is 3.87. The quantitative estimate of drug-likeness (QED) is 0.404. The van der Waals surface area contributed by atoms with E-state index in [2.05, 4.69) is 62.2 Å². The summed E-state index contributed by atoms with van der Waals surface area (Å²) in [6, 6.07) is 10.4. The number of hydrogen-bond donors (Lipinski definition) is 2. The summed E-state index contributed by atoms with van der Waals surface area (Å²) in [5.41, 5.74) is 1.77. The number of aryl methyl sites for hydroxylation is 1. The summed E-state index contributed by atoms with van der Waals surface area (Å²) in [5, 5.41) is 33.7. The highest BCUT2D eigenvalue weighted by Gasteiger charge is 2.64. The Morgan fingerprint density at radius 1 is 0.947 bits per heavy atom. The number of hydrogen-bond acceptors (Lipinski definition) is 5. The van der Waals surface area contributed by atoms with E-state index in [0.29, 0.717) is 40.9 Å². The van der Waals surface area contributed by atoms with Crippen LogP contribution in [0, 0.1) is 52.3 Å². The molecule has 0 spiro atoms. The minimum absolute atomic E-state index is 0.173. The number of aliphatic hydroxyl groups excluding tert-OH is 2. The molecule has 2 N–H and O–H groups in total. The molecular formula is C33H48N2O2S. The van der Waals surface area contributed by atoms with Crippen molar-refractivity contribution in [3.05, 3.63) is 35.3 Å². The molecule has 1 aromatic carbocycles. The second kappa shape index (κ2) is 10.3. The normalized spacial score (nSPS) is 43.2. The number of rotatable bonds is 6. The van der Waals surface area contributed by atoms with E-state index in [-0.39, 0.29) is 17.6 Å². The molecule has 5 heteroatoms. The summed E-state index contributed by atoms with van der Waals surface area (Å²) in [6.45, 7) is 9.88. The Hall–Kier alpha value is -1.30. The minimum atomic E-state index is -0.204. The van der Waals surface area contributed by atoms with Crippen molar-refractivity contribution in [2.24, 2.45) is 52.3 Å². The molecule has 6 rings (SSSR count). The fourth-order valence-electron chi connectivity index (χ4n) is 10.5. The molecule has 0 aliphatic heterocycles. The number of nitrogens with zero attached hydrogens (tertiary/aromatic N) is 2. The Kier molecular flexibility index (Phi) is 7.27. The van der Waals surface area contributed by atoms with E-state index in [9.17, 15) is 10.2 Å². The second-order valence-electron chi connectivity index (χ2n) is 14.0. The van der Waals surface area contributed by atoms with Crippen molar-refractivity contribution in [1.29, 1.82) is 0 Å². The van der Waals surface area contributed by atoms with Crippen LogP contribution in [0.25, 0.3) is 10.6 Å². The van der Waals surface area contributed by atoms with Gasteiger partial charge in [-0.1, -0.05) is 75.8 Å². The van der Waals surface area contributed by atoms with E-state index in [1.807, 2.05) is 6.07 Å². The molecule has 11 atom stereocenters. The van der Waals surface area contributed by atoms with Gasteiger partial charge in [0.05, 0.1) is 12.2 Å². The first-order chi connectivity index (χ1) is 18.3. The van der Waals surface area contributed by atoms with Gasteiger partial charge in [-0.15, -0.1) is 10.2 Å². The topological polar surface area (TPSA) is 66.2 Å². The molecule has 1 unspecified atom stereocenters. The van der Waals surface area contributed by atoms with Gasteiger partial charge in [-0.2, -0.15) is 0 Å². The van der Waals surface area contributed by atoms with Crippen molar-refractivity contribution >= 4 is 11.3 Å². The third kappa shape index (κ3) is 4.30. The summed E-state index contributed by atoms with van der Waals surface area (Å²) in [6.07, 6.45) is 11.0. The molecule has 1 aromatic heterocycles. The summed E-state index contributed by atoms with van der Waals surface area (Å²) >= 11 is 1.75. The SMILES string of the molecule is CC[C@@H]1C2C[C@H](O)CC[C@]2(C)[C@H]2CC[C@]3(C)[C@@H]([C@H](C)CCc4nnc(-c5ccccc5)s4)CC[C@H]3[C@@H]2[C@@H]1O. The predicted molar refractivity (Wildman–Crippen MR) is 155 cm³/mol. The van der Waals surface area contributed by atoms with Crippen LogP contribution in [0.3, 0.4) is 0 Å². The standard InChI is InChI=1S/C33H48N2O2S/c1-5-23-27-19-22(36)15-17-33(27,4)26-16-18-32(3)24(12-13-25(32)29(26)30(23)37)20(2)11-14-28-34-35-31(38-28)21-9-7-6-8-10-21/h6-10,20,22-27,29-30,36-37H,5,11-19H2,1-4H3/t20-,22-,23-,24-,25+,26+,27?,29+,30-,32-,33-/m1/s1. The Bertz CT molecular complexity index is 1110. The van der Waals surface area contributed by atoms with Crippen LogP contribution in [0.5, 0.6) is 0 Å². The van der Waals surface area contributed by atoms with E-state index in [0.717, 1.165) is 53.6 Å². The van der Waals surface area contributed by atoms with Gasteiger partial charge in [0.25, 0.3) is 0 Å². The average Bonchev–Trinajstić information content (AvgIpc) is 3.53. The van der Waals surface area contributed by atoms with Crippen LogP contribution in [0.2, 0.25) is 0 Å². The van der Waals surface area contributed by atoms with E-state index in [1.54, 1.807) is 11.3 Å². The lowest BCUT2D eigenvalue weighted by Gasteiger charge is -2.64. The molecule has 4 aliphatic rings. The largest absolute Gasteiger partial charge is 0.393 e. The highest BCUT2D eigenvalue weighted by molar-refractivity contribution is 7.14. The molecule has 0 bridgehead atoms. The van der Waals surface area contributed by atoms with E-state index in [4.69, 9.17) is 0 Å². The molecule has 2 aromatic rings. The molecule has 0 saturated heterocycles. The molecule has 1 heterocycles. The van der Waals surface area contributed by atoms with Gasteiger partial charge in [0.15, 0.2) is 0 Å². The van der Waals surface area contributed by atoms with Crippen molar-refractivity contribution in [1.82, 2.24) is 10.2 Å². The van der Waals surface area contributed by atoms with Crippen LogP contribution in [-0.4, -0.2) is 32.6 Å². The first-order valence-electron chi connectivity index (χ1n) is 15.5. The van der Waals surface area contributed by atoms with Crippen LogP contribution >= 0.6 is 11.3 Å². The molecule has 4 aliphatic carbocycles. The zero-order chi connectivity index (χ0) is 26.7. The van der Waals surface area contributed by atoms with Crippen LogP contribution in [0.4, 0.5) is 0 Å². The summed E-state index contributed by atoms with van der Waals surface area (Å²) < 4.78 is 0. The van der Waals surface area contributed by atoms with Crippen LogP contribution in [-0.2, 0) is 6.42 Å². The van der Waals surface area contributed by atoms with Crippen molar-refractivity contribution in [2.75, 3.05) is 0 Å². The van der Waals surface area contributed by atoms with Gasteiger partial charge in [0.2, 0.25) is 0 Å². The van der Waals surface area contributed by atoms with E-state index < -0.39 is 0 Å². The van der Waals surface area contributed by atoms with Crippen LogP contribution in [0.15, 0.2) is 30.3 Å². The Labute approximate surface area is 233 Å². The molecular weight excluding hydrogens is 488 g/mol. The average molecular weight is 537 g/mol. The van der Waals surface area contributed by atoms with Crippen molar-refractivity contribution in [2.45, 2.75) is 104 Å². The summed E-state index contributed by atoms with van der Waals surface area (Å²) in [4.78, 5) is 0. The van der Waals surface area contributed by atoms with Gasteiger partial charge in [0, 0.05) is 12.0 Å². The lowest BCUT2D eigenvalue weighted by molar-refractivity contribution is -0.203. The van der Waals surface area contributed by atoms with Gasteiger partial charge in [-0.3, -0.25) is 0 Å². The Morgan fingerprint density at radius 3 is 2.45 bits per heavy atom. The third-order valence-corrected chi connectivity index (χ3v) is 13.5. The minimum Gasteiger partial charge on any atom is -0.393 e. The number of benzene rings is 1. The predicted octanol–water partition coefficient (Wildman–Crippen LogP) is 7.40. The molecule has 0 amide bonds. The Balaban J connectivity index is 1.17. The zero-order valence-electron chi connectivity index (χ0n) is 23.9. The molecule has 208 valence electrons. The van der Waals surface area contributed by atoms with Gasteiger partial charge in [-0.25, -0.2) is 0 Å². The monoisotopic (exact) mass is 536 g/mol. The fraction of sp³-hybridized carbons (Fsp3) is 0.758. The van der Waals surface area contributed by atoms with Crippen molar-refractivity contribution < 1.29 is 10.2 Å². The maximum absolute atomic E-state index is 11.9. The van der Waals surface area contributed by atoms with Crippen LogP contribution < -0.4 is 0 Å². The maximum atomic E-state index is 11.9. The highest BCUT2D eigenvalue weighted by atomic mass is 32.1. The molecule has 4 fully saturated rings. The van der Waals surface area contributed by atoms with Gasteiger partial charge in [-0.05, 0) is 104 Å². The first-order valence-corrected chi connectivity index (χ1v) is 16.3. The highest BCUT2D eigenvalue weighted by Crippen LogP contribution is 2.69. The zero-order valence-corrected chi connectivity index (χ0v) is 24.7.